The molecule has 0 spiro atoms. The van der Waals surface area contributed by atoms with E-state index in [4.69, 9.17) is 11.6 Å². The average molecular weight is 613 g/mol. The number of carbonyl (C=O) groups is 2. The van der Waals surface area contributed by atoms with Crippen molar-refractivity contribution in [3.63, 3.8) is 0 Å². The van der Waals surface area contributed by atoms with Crippen molar-refractivity contribution in [2.24, 2.45) is 5.92 Å². The van der Waals surface area contributed by atoms with E-state index in [-0.39, 0.29) is 18.2 Å². The quantitative estimate of drug-likeness (QED) is 0.177. The zero-order valence-electron chi connectivity index (χ0n) is 24.0. The van der Waals surface area contributed by atoms with E-state index in [0.29, 0.717) is 33.8 Å². The van der Waals surface area contributed by atoms with Crippen LogP contribution in [0.2, 0.25) is 5.02 Å². The molecule has 0 N–H and O–H groups in total. The fraction of sp³-hybridized carbons (Fsp3) is 0.278. The Labute approximate surface area is 261 Å². The summed E-state index contributed by atoms with van der Waals surface area (Å²) in [5, 5.41) is 0.386. The van der Waals surface area contributed by atoms with Crippen LogP contribution in [0.3, 0.4) is 0 Å². The number of rotatable bonds is 9. The van der Waals surface area contributed by atoms with E-state index >= 15 is 0 Å². The van der Waals surface area contributed by atoms with E-state index in [1.54, 1.807) is 11.0 Å². The average Bonchev–Trinajstić information content (AvgIpc) is 3.14. The summed E-state index contributed by atoms with van der Waals surface area (Å²) in [6, 6.07) is 27.9. The molecule has 0 radical (unpaired) electrons. The lowest BCUT2D eigenvalue weighted by Gasteiger charge is -2.32. The van der Waals surface area contributed by atoms with Gasteiger partial charge in [-0.15, -0.1) is 0 Å². The van der Waals surface area contributed by atoms with E-state index in [0.717, 1.165) is 48.2 Å². The van der Waals surface area contributed by atoms with Crippen molar-refractivity contribution in [3.05, 3.63) is 124 Å². The monoisotopic (exact) mass is 612 g/mol. The minimum atomic E-state index is -0.416. The number of benzene rings is 4. The molecule has 4 aromatic carbocycles. The molecule has 0 saturated carbocycles. The van der Waals surface area contributed by atoms with Crippen molar-refractivity contribution in [3.8, 4) is 0 Å². The van der Waals surface area contributed by atoms with E-state index < -0.39 is 5.82 Å². The first-order chi connectivity index (χ1) is 20.9. The summed E-state index contributed by atoms with van der Waals surface area (Å²) in [5.74, 6) is 0.157. The first-order valence-electron chi connectivity index (χ1n) is 14.9. The molecule has 2 aliphatic heterocycles. The van der Waals surface area contributed by atoms with Crippen LogP contribution in [0, 0.1) is 11.7 Å². The predicted octanol–water partition coefficient (Wildman–Crippen LogP) is 8.71. The second-order valence-corrected chi connectivity index (χ2v) is 12.9. The van der Waals surface area contributed by atoms with Crippen LogP contribution in [0.25, 0.3) is 0 Å². The number of Topliss-reactive ketones (excluding diaryl/α,β-unsaturated/α-hetero) is 1. The van der Waals surface area contributed by atoms with E-state index in [2.05, 4.69) is 35.2 Å². The van der Waals surface area contributed by atoms with Crippen molar-refractivity contribution in [1.29, 1.82) is 0 Å². The number of hydrogen-bond acceptors (Lipinski definition) is 4. The normalized spacial score (nSPS) is 15.6. The fourth-order valence-corrected chi connectivity index (χ4v) is 7.29. The number of piperidine rings is 1. The molecular weight excluding hydrogens is 579 g/mol. The second kappa shape index (κ2) is 13.5. The summed E-state index contributed by atoms with van der Waals surface area (Å²) < 4.78 is 14.1. The Kier molecular flexibility index (Phi) is 9.27. The zero-order chi connectivity index (χ0) is 29.8. The van der Waals surface area contributed by atoms with Crippen LogP contribution < -0.4 is 4.90 Å². The highest BCUT2D eigenvalue weighted by Gasteiger charge is 2.29. The molecule has 0 aromatic heterocycles. The number of likely N-dealkylation sites (tertiary alicyclic amines) is 1. The molecule has 1 amide bonds. The van der Waals surface area contributed by atoms with Gasteiger partial charge in [-0.1, -0.05) is 71.9 Å². The van der Waals surface area contributed by atoms with Gasteiger partial charge in [0.15, 0.2) is 5.78 Å². The van der Waals surface area contributed by atoms with Gasteiger partial charge < -0.3 is 9.80 Å². The second-order valence-electron chi connectivity index (χ2n) is 11.4. The molecule has 4 aromatic rings. The van der Waals surface area contributed by atoms with Crippen molar-refractivity contribution in [1.82, 2.24) is 4.90 Å². The van der Waals surface area contributed by atoms with Gasteiger partial charge in [0.2, 0.25) is 0 Å². The topological polar surface area (TPSA) is 40.6 Å². The van der Waals surface area contributed by atoms with E-state index in [1.807, 2.05) is 36.4 Å². The number of nitrogens with zero attached hydrogens (tertiary/aromatic N) is 2. The number of carbonyl (C=O) groups excluding carboxylic acids is 2. The van der Waals surface area contributed by atoms with Gasteiger partial charge in [-0.3, -0.25) is 9.59 Å². The molecule has 220 valence electrons. The Morgan fingerprint density at radius 2 is 1.67 bits per heavy atom. The highest BCUT2D eigenvalue weighted by atomic mass is 35.5. The maximum Gasteiger partial charge on any atom is 0.259 e. The summed E-state index contributed by atoms with van der Waals surface area (Å²) in [7, 11) is 0. The fourth-order valence-electron chi connectivity index (χ4n) is 6.05. The molecule has 2 heterocycles. The van der Waals surface area contributed by atoms with Gasteiger partial charge in [0, 0.05) is 26.8 Å². The molecule has 2 aliphatic rings. The summed E-state index contributed by atoms with van der Waals surface area (Å²) in [6.45, 7) is 3.14. The number of halogens is 2. The van der Waals surface area contributed by atoms with Gasteiger partial charge in [-0.25, -0.2) is 4.39 Å². The van der Waals surface area contributed by atoms with Crippen LogP contribution in [0.15, 0.2) is 101 Å². The third-order valence-electron chi connectivity index (χ3n) is 8.44. The van der Waals surface area contributed by atoms with Crippen LogP contribution >= 0.6 is 23.4 Å². The van der Waals surface area contributed by atoms with Crippen LogP contribution in [0.4, 0.5) is 10.1 Å². The lowest BCUT2D eigenvalue weighted by molar-refractivity contribution is 0.0964. The molecule has 4 nitrogen and oxygen atoms in total. The van der Waals surface area contributed by atoms with Gasteiger partial charge in [-0.2, -0.15) is 0 Å². The Morgan fingerprint density at radius 1 is 0.907 bits per heavy atom. The largest absolute Gasteiger partial charge is 0.303 e. The SMILES string of the molecule is O=C(CCCN1CCC(Cc2ccccc2)CC1)c1ccc2c(c1)N(Cc1cc(F)ccc1Cl)C(=O)c1ccccc1S2. The number of fused-ring (bicyclic) bond motifs is 2. The minimum Gasteiger partial charge on any atom is -0.303 e. The van der Waals surface area contributed by atoms with Gasteiger partial charge >= 0.3 is 0 Å². The summed E-state index contributed by atoms with van der Waals surface area (Å²) in [5.41, 5.74) is 3.70. The maximum absolute atomic E-state index is 14.1. The molecule has 6 rings (SSSR count). The predicted molar refractivity (Wildman–Crippen MR) is 172 cm³/mol. The highest BCUT2D eigenvalue weighted by molar-refractivity contribution is 7.99. The maximum atomic E-state index is 14.1. The van der Waals surface area contributed by atoms with Crippen LogP contribution in [-0.2, 0) is 13.0 Å². The zero-order valence-corrected chi connectivity index (χ0v) is 25.5. The summed E-state index contributed by atoms with van der Waals surface area (Å²) in [6.07, 6.45) is 4.75. The standard InChI is InChI=1S/C36H34ClFN2O2S/c37-31-14-13-29(38)22-28(31)24-40-32-23-27(12-15-35(32)43-34-11-5-4-9-30(34)36(40)42)33(41)10-6-18-39-19-16-26(17-20-39)21-25-7-2-1-3-8-25/h1-5,7-9,11-15,22-23,26H,6,10,16-21,24H2. The molecule has 0 atom stereocenters. The Hall–Kier alpha value is -3.45. The Bertz CT molecular complexity index is 1620. The van der Waals surface area contributed by atoms with E-state index in [9.17, 15) is 14.0 Å². The van der Waals surface area contributed by atoms with Crippen molar-refractivity contribution >= 4 is 40.7 Å². The third kappa shape index (κ3) is 7.04. The molecule has 1 saturated heterocycles. The summed E-state index contributed by atoms with van der Waals surface area (Å²) in [4.78, 5) is 33.0. The molecular formula is C36H34ClFN2O2S. The van der Waals surface area contributed by atoms with Gasteiger partial charge in [-0.05, 0) is 105 Å². The summed E-state index contributed by atoms with van der Waals surface area (Å²) >= 11 is 7.91. The lowest BCUT2D eigenvalue weighted by atomic mass is 9.90. The first kappa shape index (κ1) is 29.6. The lowest BCUT2D eigenvalue weighted by Crippen LogP contribution is -2.35. The third-order valence-corrected chi connectivity index (χ3v) is 9.95. The number of anilines is 1. The number of ketones is 1. The Balaban J connectivity index is 1.13. The van der Waals surface area contributed by atoms with Crippen molar-refractivity contribution in [2.45, 2.75) is 48.4 Å². The van der Waals surface area contributed by atoms with Gasteiger partial charge in [0.25, 0.3) is 5.91 Å². The first-order valence-corrected chi connectivity index (χ1v) is 16.1. The molecule has 1 fully saturated rings. The molecule has 0 aliphatic carbocycles. The van der Waals surface area contributed by atoms with Crippen LogP contribution in [0.5, 0.6) is 0 Å². The van der Waals surface area contributed by atoms with Crippen LogP contribution in [-0.4, -0.2) is 36.2 Å². The van der Waals surface area contributed by atoms with Crippen molar-refractivity contribution < 1.29 is 14.0 Å². The minimum absolute atomic E-state index is 0.0599. The number of hydrogen-bond donors (Lipinski definition) is 0. The van der Waals surface area contributed by atoms with Gasteiger partial charge in [0.05, 0.1) is 17.8 Å². The molecule has 43 heavy (non-hydrogen) atoms. The van der Waals surface area contributed by atoms with Crippen LogP contribution in [0.1, 0.15) is 57.5 Å². The van der Waals surface area contributed by atoms with Gasteiger partial charge in [0.1, 0.15) is 5.82 Å². The van der Waals surface area contributed by atoms with E-state index in [1.165, 1.54) is 48.4 Å². The Morgan fingerprint density at radius 3 is 2.49 bits per heavy atom. The molecule has 7 heteroatoms. The van der Waals surface area contributed by atoms with Crippen molar-refractivity contribution in [2.75, 3.05) is 24.5 Å². The smallest absolute Gasteiger partial charge is 0.259 e. The number of amides is 1. The molecule has 0 bridgehead atoms. The molecule has 0 unspecified atom stereocenters. The highest BCUT2D eigenvalue weighted by Crippen LogP contribution is 2.42.